The lowest BCUT2D eigenvalue weighted by Gasteiger charge is -1.97. The third-order valence-electron chi connectivity index (χ3n) is 4.34. The van der Waals surface area contributed by atoms with Crippen LogP contribution in [-0.4, -0.2) is 5.78 Å². The lowest BCUT2D eigenvalue weighted by molar-refractivity contribution is 0.102. The smallest absolute Gasteiger partial charge is 0.221 e. The van der Waals surface area contributed by atoms with E-state index in [9.17, 15) is 9.18 Å². The molecule has 0 radical (unpaired) electrons. The Morgan fingerprint density at radius 1 is 0.786 bits per heavy atom. The minimum atomic E-state index is -0.321. The van der Waals surface area contributed by atoms with Gasteiger partial charge in [0.2, 0.25) is 5.78 Å². The number of hydrogen-bond donors (Lipinski definition) is 0. The number of ketones is 1. The van der Waals surface area contributed by atoms with Crippen molar-refractivity contribution < 1.29 is 18.0 Å². The van der Waals surface area contributed by atoms with Gasteiger partial charge in [0.15, 0.2) is 5.76 Å². The van der Waals surface area contributed by atoms with Crippen LogP contribution < -0.4 is 0 Å². The summed E-state index contributed by atoms with van der Waals surface area (Å²) in [7, 11) is 0. The van der Waals surface area contributed by atoms with Crippen LogP contribution in [0.5, 0.6) is 0 Å². The van der Waals surface area contributed by atoms with E-state index in [-0.39, 0.29) is 17.4 Å². The van der Waals surface area contributed by atoms with Crippen molar-refractivity contribution in [1.29, 1.82) is 0 Å². The molecule has 0 spiro atoms. The molecular formula is C24H17FO3. The number of benzene rings is 2. The van der Waals surface area contributed by atoms with Crippen LogP contribution >= 0.6 is 0 Å². The number of aryl methyl sites for hydroxylation is 1. The number of hydrogen-bond acceptors (Lipinski definition) is 3. The van der Waals surface area contributed by atoms with Crippen molar-refractivity contribution in [3.63, 3.8) is 0 Å². The van der Waals surface area contributed by atoms with E-state index in [2.05, 4.69) is 0 Å². The molecule has 0 unspecified atom stereocenters. The predicted molar refractivity (Wildman–Crippen MR) is 106 cm³/mol. The fourth-order valence-corrected chi connectivity index (χ4v) is 2.79. The molecule has 0 aliphatic heterocycles. The molecule has 28 heavy (non-hydrogen) atoms. The van der Waals surface area contributed by atoms with E-state index < -0.39 is 0 Å². The first-order valence-electron chi connectivity index (χ1n) is 8.83. The minimum Gasteiger partial charge on any atom is -0.457 e. The van der Waals surface area contributed by atoms with Gasteiger partial charge in [0.25, 0.3) is 0 Å². The second kappa shape index (κ2) is 7.53. The standard InChI is InChI=1S/C24H17FO3/c1-16-2-4-17(5-3-16)22-13-11-20(27-22)10-12-21(26)24-15-14-23(28-24)18-6-8-19(25)9-7-18/h2-15H,1H3/b12-10+. The highest BCUT2D eigenvalue weighted by Crippen LogP contribution is 2.25. The van der Waals surface area contributed by atoms with E-state index in [1.54, 1.807) is 30.3 Å². The van der Waals surface area contributed by atoms with E-state index in [0.717, 1.165) is 11.3 Å². The molecule has 0 aliphatic rings. The first-order valence-corrected chi connectivity index (χ1v) is 8.83. The molecule has 0 fully saturated rings. The van der Waals surface area contributed by atoms with Gasteiger partial charge in [-0.25, -0.2) is 4.39 Å². The van der Waals surface area contributed by atoms with Crippen molar-refractivity contribution in [2.75, 3.05) is 0 Å². The van der Waals surface area contributed by atoms with Crippen LogP contribution in [0, 0.1) is 12.7 Å². The zero-order valence-electron chi connectivity index (χ0n) is 15.2. The first kappa shape index (κ1) is 17.7. The fraction of sp³-hybridized carbons (Fsp3) is 0.0417. The molecule has 2 heterocycles. The van der Waals surface area contributed by atoms with Gasteiger partial charge < -0.3 is 8.83 Å². The van der Waals surface area contributed by atoms with Gasteiger partial charge in [-0.1, -0.05) is 29.8 Å². The summed E-state index contributed by atoms with van der Waals surface area (Å²) in [5.41, 5.74) is 2.87. The van der Waals surface area contributed by atoms with Crippen molar-refractivity contribution in [1.82, 2.24) is 0 Å². The Bertz CT molecular complexity index is 1130. The lowest BCUT2D eigenvalue weighted by atomic mass is 10.1. The molecule has 2 aromatic heterocycles. The summed E-state index contributed by atoms with van der Waals surface area (Å²) in [6, 6.07) is 20.9. The predicted octanol–water partition coefficient (Wildman–Crippen LogP) is 6.55. The highest BCUT2D eigenvalue weighted by Gasteiger charge is 2.10. The van der Waals surface area contributed by atoms with Gasteiger partial charge in [-0.15, -0.1) is 0 Å². The van der Waals surface area contributed by atoms with Gasteiger partial charge >= 0.3 is 0 Å². The lowest BCUT2D eigenvalue weighted by Crippen LogP contribution is -1.90. The van der Waals surface area contributed by atoms with Gasteiger partial charge in [-0.3, -0.25) is 4.79 Å². The molecule has 0 saturated carbocycles. The van der Waals surface area contributed by atoms with Gasteiger partial charge in [0, 0.05) is 11.1 Å². The van der Waals surface area contributed by atoms with E-state index in [0.29, 0.717) is 17.1 Å². The Balaban J connectivity index is 1.47. The summed E-state index contributed by atoms with van der Waals surface area (Å²) < 4.78 is 24.4. The third kappa shape index (κ3) is 3.86. The Kier molecular flexibility index (Phi) is 4.77. The van der Waals surface area contributed by atoms with Crippen LogP contribution in [-0.2, 0) is 0 Å². The van der Waals surface area contributed by atoms with Crippen molar-refractivity contribution >= 4 is 11.9 Å². The number of allylic oxidation sites excluding steroid dienone is 1. The molecule has 0 saturated heterocycles. The van der Waals surface area contributed by atoms with Crippen molar-refractivity contribution in [2.45, 2.75) is 6.92 Å². The van der Waals surface area contributed by atoms with Crippen LogP contribution in [0.2, 0.25) is 0 Å². The zero-order valence-corrected chi connectivity index (χ0v) is 15.2. The fourth-order valence-electron chi connectivity index (χ4n) is 2.79. The average molecular weight is 372 g/mol. The van der Waals surface area contributed by atoms with Gasteiger partial charge in [-0.05, 0) is 67.6 Å². The molecule has 0 N–H and O–H groups in total. The van der Waals surface area contributed by atoms with Crippen LogP contribution in [0.15, 0.2) is 87.7 Å². The third-order valence-corrected chi connectivity index (χ3v) is 4.34. The Labute approximate surface area is 161 Å². The van der Waals surface area contributed by atoms with Crippen molar-refractivity contribution in [3.8, 4) is 22.6 Å². The largest absolute Gasteiger partial charge is 0.457 e. The Morgan fingerprint density at radius 2 is 1.39 bits per heavy atom. The van der Waals surface area contributed by atoms with Crippen molar-refractivity contribution in [2.24, 2.45) is 0 Å². The minimum absolute atomic E-state index is 0.209. The molecule has 2 aromatic carbocycles. The molecule has 3 nitrogen and oxygen atoms in total. The molecule has 4 heteroatoms. The number of rotatable bonds is 5. The van der Waals surface area contributed by atoms with E-state index >= 15 is 0 Å². The number of carbonyl (C=O) groups excluding carboxylic acids is 1. The zero-order chi connectivity index (χ0) is 19.5. The second-order valence-electron chi connectivity index (χ2n) is 6.44. The number of halogens is 1. The van der Waals surface area contributed by atoms with Crippen LogP contribution in [0.4, 0.5) is 4.39 Å². The van der Waals surface area contributed by atoms with Crippen molar-refractivity contribution in [3.05, 3.63) is 102 Å². The Hall–Kier alpha value is -3.66. The summed E-state index contributed by atoms with van der Waals surface area (Å²) in [5, 5.41) is 0. The molecule has 138 valence electrons. The summed E-state index contributed by atoms with van der Waals surface area (Å²) >= 11 is 0. The van der Waals surface area contributed by atoms with E-state index in [4.69, 9.17) is 8.83 Å². The maximum atomic E-state index is 13.0. The Morgan fingerprint density at radius 3 is 2.11 bits per heavy atom. The highest BCUT2D eigenvalue weighted by molar-refractivity contribution is 6.05. The first-order chi connectivity index (χ1) is 13.6. The van der Waals surface area contributed by atoms with E-state index in [1.165, 1.54) is 23.8 Å². The highest BCUT2D eigenvalue weighted by atomic mass is 19.1. The maximum absolute atomic E-state index is 13.0. The summed E-state index contributed by atoms with van der Waals surface area (Å²) in [6.45, 7) is 2.03. The molecule has 4 rings (SSSR count). The summed E-state index contributed by atoms with van der Waals surface area (Å²) in [6.07, 6.45) is 3.02. The molecule has 0 aliphatic carbocycles. The summed E-state index contributed by atoms with van der Waals surface area (Å²) in [4.78, 5) is 12.3. The van der Waals surface area contributed by atoms with Gasteiger partial charge in [0.05, 0.1) is 0 Å². The number of carbonyl (C=O) groups is 1. The molecule has 0 bridgehead atoms. The topological polar surface area (TPSA) is 43.4 Å². The van der Waals surface area contributed by atoms with E-state index in [1.807, 2.05) is 43.3 Å². The van der Waals surface area contributed by atoms with Crippen LogP contribution in [0.3, 0.4) is 0 Å². The normalized spacial score (nSPS) is 11.2. The number of furan rings is 2. The molecule has 0 amide bonds. The van der Waals surface area contributed by atoms with Crippen LogP contribution in [0.25, 0.3) is 28.7 Å². The van der Waals surface area contributed by atoms with Gasteiger partial charge in [-0.2, -0.15) is 0 Å². The average Bonchev–Trinajstić information content (AvgIpc) is 3.37. The van der Waals surface area contributed by atoms with Gasteiger partial charge in [0.1, 0.15) is 23.1 Å². The monoisotopic (exact) mass is 372 g/mol. The van der Waals surface area contributed by atoms with Crippen LogP contribution in [0.1, 0.15) is 21.9 Å². The quantitative estimate of drug-likeness (QED) is 0.295. The SMILES string of the molecule is Cc1ccc(-c2ccc(/C=C/C(=O)c3ccc(-c4ccc(F)cc4)o3)o2)cc1. The summed E-state index contributed by atoms with van der Waals surface area (Å²) in [5.74, 6) is 1.44. The second-order valence-corrected chi connectivity index (χ2v) is 6.44. The maximum Gasteiger partial charge on any atom is 0.221 e. The molecule has 4 aromatic rings. The molecular weight excluding hydrogens is 355 g/mol. The molecule has 0 atom stereocenters.